The Morgan fingerprint density at radius 2 is 1.73 bits per heavy atom. The van der Waals surface area contributed by atoms with E-state index in [4.69, 9.17) is 4.74 Å². The van der Waals surface area contributed by atoms with Gasteiger partial charge >= 0.3 is 0 Å². The lowest BCUT2D eigenvalue weighted by molar-refractivity contribution is -0.127. The van der Waals surface area contributed by atoms with Gasteiger partial charge in [0, 0.05) is 22.6 Å². The quantitative estimate of drug-likeness (QED) is 0.423. The Morgan fingerprint density at radius 1 is 1.03 bits per heavy atom. The number of amides is 4. The molecule has 0 saturated carbocycles. The first-order chi connectivity index (χ1) is 17.8. The van der Waals surface area contributed by atoms with Crippen molar-refractivity contribution < 1.29 is 23.9 Å². The molecule has 0 bridgehead atoms. The second kappa shape index (κ2) is 11.2. The molecule has 0 unspecified atom stereocenters. The van der Waals surface area contributed by atoms with E-state index in [1.165, 1.54) is 0 Å². The van der Waals surface area contributed by atoms with Crippen molar-refractivity contribution in [3.8, 4) is 5.75 Å². The number of hydrogen-bond acceptors (Lipinski definition) is 6. The summed E-state index contributed by atoms with van der Waals surface area (Å²) >= 11 is 0.772. The SMILES string of the molecule is CCOc1ccc(NC(=O)CN2C(=O)S/C(=C\c3cc(C)n(NC(=O)c4ccccc4)c3C)C2=O)cc1. The zero-order valence-electron chi connectivity index (χ0n) is 20.6. The Labute approximate surface area is 218 Å². The number of ether oxygens (including phenoxy) is 1. The molecule has 4 amide bonds. The number of nitrogens with one attached hydrogen (secondary N) is 2. The summed E-state index contributed by atoms with van der Waals surface area (Å²) in [4.78, 5) is 51.7. The molecule has 3 aromatic rings. The molecule has 0 aliphatic carbocycles. The van der Waals surface area contributed by atoms with Crippen LogP contribution in [0.15, 0.2) is 65.6 Å². The van der Waals surface area contributed by atoms with Crippen LogP contribution < -0.4 is 15.5 Å². The number of nitrogens with zero attached hydrogens (tertiary/aromatic N) is 2. The molecule has 10 heteroatoms. The first kappa shape index (κ1) is 25.8. The van der Waals surface area contributed by atoms with E-state index in [0.717, 1.165) is 22.4 Å². The van der Waals surface area contributed by atoms with Gasteiger partial charge in [0.2, 0.25) is 5.91 Å². The summed E-state index contributed by atoms with van der Waals surface area (Å²) in [5.74, 6) is -0.632. The topological polar surface area (TPSA) is 110 Å². The number of thioether (sulfide) groups is 1. The normalized spacial score (nSPS) is 14.2. The molecular weight excluding hydrogens is 492 g/mol. The maximum Gasteiger partial charge on any atom is 0.294 e. The minimum Gasteiger partial charge on any atom is -0.494 e. The molecule has 2 heterocycles. The van der Waals surface area contributed by atoms with Gasteiger partial charge in [-0.15, -0.1) is 0 Å². The van der Waals surface area contributed by atoms with Gasteiger partial charge in [0.1, 0.15) is 12.3 Å². The molecule has 1 aliphatic heterocycles. The monoisotopic (exact) mass is 518 g/mol. The maximum atomic E-state index is 12.9. The highest BCUT2D eigenvalue weighted by atomic mass is 32.2. The predicted molar refractivity (Wildman–Crippen MR) is 143 cm³/mol. The van der Waals surface area contributed by atoms with Crippen LogP contribution >= 0.6 is 11.8 Å². The number of imide groups is 1. The summed E-state index contributed by atoms with van der Waals surface area (Å²) in [6.45, 7) is 5.64. The first-order valence-corrected chi connectivity index (χ1v) is 12.4. The molecule has 1 fully saturated rings. The van der Waals surface area contributed by atoms with Crippen molar-refractivity contribution in [2.75, 3.05) is 23.9 Å². The predicted octanol–water partition coefficient (Wildman–Crippen LogP) is 4.56. The Hall–Kier alpha value is -4.31. The molecule has 2 N–H and O–H groups in total. The zero-order valence-corrected chi connectivity index (χ0v) is 21.4. The summed E-state index contributed by atoms with van der Waals surface area (Å²) in [5, 5.41) is 2.16. The molecule has 1 saturated heterocycles. The van der Waals surface area contributed by atoms with E-state index in [1.807, 2.05) is 26.0 Å². The van der Waals surface area contributed by atoms with Crippen LogP contribution in [0.1, 0.15) is 34.2 Å². The van der Waals surface area contributed by atoms with E-state index < -0.39 is 23.6 Å². The summed E-state index contributed by atoms with van der Waals surface area (Å²) in [7, 11) is 0. The molecule has 4 rings (SSSR count). The highest BCUT2D eigenvalue weighted by Gasteiger charge is 2.36. The van der Waals surface area contributed by atoms with Crippen LogP contribution in [0.5, 0.6) is 5.75 Å². The van der Waals surface area contributed by atoms with Crippen LogP contribution in [0.25, 0.3) is 6.08 Å². The van der Waals surface area contributed by atoms with Gasteiger partial charge in [-0.1, -0.05) is 18.2 Å². The first-order valence-electron chi connectivity index (χ1n) is 11.6. The number of carbonyl (C=O) groups excluding carboxylic acids is 4. The minimum atomic E-state index is -0.546. The minimum absolute atomic E-state index is 0.202. The third kappa shape index (κ3) is 5.92. The van der Waals surface area contributed by atoms with Gasteiger partial charge in [0.15, 0.2) is 0 Å². The van der Waals surface area contributed by atoms with E-state index >= 15 is 0 Å². The molecular formula is C27H26N4O5S. The van der Waals surface area contributed by atoms with Gasteiger partial charge in [-0.25, -0.2) is 0 Å². The van der Waals surface area contributed by atoms with Crippen molar-refractivity contribution in [2.45, 2.75) is 20.8 Å². The smallest absolute Gasteiger partial charge is 0.294 e. The average molecular weight is 519 g/mol. The van der Waals surface area contributed by atoms with Gasteiger partial charge in [0.05, 0.1) is 11.5 Å². The number of anilines is 1. The summed E-state index contributed by atoms with van der Waals surface area (Å²) < 4.78 is 7.01. The molecule has 0 atom stereocenters. The van der Waals surface area contributed by atoms with Gasteiger partial charge in [-0.2, -0.15) is 0 Å². The highest BCUT2D eigenvalue weighted by Crippen LogP contribution is 2.33. The maximum absolute atomic E-state index is 12.9. The highest BCUT2D eigenvalue weighted by molar-refractivity contribution is 8.18. The van der Waals surface area contributed by atoms with E-state index in [2.05, 4.69) is 10.7 Å². The fraction of sp³-hybridized carbons (Fsp3) is 0.185. The van der Waals surface area contributed by atoms with Crippen molar-refractivity contribution in [3.05, 3.63) is 88.1 Å². The van der Waals surface area contributed by atoms with E-state index in [9.17, 15) is 19.2 Å². The lowest BCUT2D eigenvalue weighted by Crippen LogP contribution is -2.36. The summed E-state index contributed by atoms with van der Waals surface area (Å²) in [6.07, 6.45) is 1.60. The van der Waals surface area contributed by atoms with Gasteiger partial charge in [-0.05, 0) is 86.6 Å². The summed E-state index contributed by atoms with van der Waals surface area (Å²) in [6, 6.07) is 17.5. The second-order valence-electron chi connectivity index (χ2n) is 8.24. The third-order valence-electron chi connectivity index (χ3n) is 5.63. The van der Waals surface area contributed by atoms with Crippen LogP contribution in [0, 0.1) is 13.8 Å². The number of carbonyl (C=O) groups is 4. The largest absolute Gasteiger partial charge is 0.494 e. The summed E-state index contributed by atoms with van der Waals surface area (Å²) in [5.41, 5.74) is 6.01. The van der Waals surface area contributed by atoms with Gasteiger partial charge in [-0.3, -0.25) is 34.2 Å². The van der Waals surface area contributed by atoms with Crippen molar-refractivity contribution in [3.63, 3.8) is 0 Å². The van der Waals surface area contributed by atoms with Gasteiger partial charge < -0.3 is 10.1 Å². The van der Waals surface area contributed by atoms with E-state index in [0.29, 0.717) is 34.9 Å². The average Bonchev–Trinajstić information content (AvgIpc) is 3.30. The Bertz CT molecular complexity index is 1380. The number of aryl methyl sites for hydroxylation is 1. The van der Waals surface area contributed by atoms with Crippen molar-refractivity contribution >= 4 is 46.5 Å². The number of benzene rings is 2. The lowest BCUT2D eigenvalue weighted by atomic mass is 10.2. The zero-order chi connectivity index (χ0) is 26.5. The molecule has 37 heavy (non-hydrogen) atoms. The van der Waals surface area contributed by atoms with Crippen LogP contribution in [-0.4, -0.2) is 45.7 Å². The fourth-order valence-electron chi connectivity index (χ4n) is 3.78. The molecule has 0 radical (unpaired) electrons. The molecule has 1 aliphatic rings. The molecule has 1 aromatic heterocycles. The number of hydrogen-bond donors (Lipinski definition) is 2. The van der Waals surface area contributed by atoms with Gasteiger partial charge in [0.25, 0.3) is 17.1 Å². The Kier molecular flexibility index (Phi) is 7.78. The molecule has 9 nitrogen and oxygen atoms in total. The fourth-order valence-corrected chi connectivity index (χ4v) is 4.61. The third-order valence-corrected chi connectivity index (χ3v) is 6.54. The Morgan fingerprint density at radius 3 is 2.41 bits per heavy atom. The van der Waals surface area contributed by atoms with Crippen LogP contribution in [0.3, 0.4) is 0 Å². The van der Waals surface area contributed by atoms with Crippen LogP contribution in [-0.2, 0) is 9.59 Å². The molecule has 0 spiro atoms. The Balaban J connectivity index is 1.44. The second-order valence-corrected chi connectivity index (χ2v) is 9.24. The number of aromatic nitrogens is 1. The van der Waals surface area contributed by atoms with Crippen molar-refractivity contribution in [1.82, 2.24) is 9.58 Å². The number of rotatable bonds is 8. The van der Waals surface area contributed by atoms with E-state index in [1.54, 1.807) is 66.2 Å². The molecule has 2 aromatic carbocycles. The van der Waals surface area contributed by atoms with E-state index in [-0.39, 0.29) is 10.8 Å². The lowest BCUT2D eigenvalue weighted by Gasteiger charge is -2.13. The van der Waals surface area contributed by atoms with Crippen molar-refractivity contribution in [2.24, 2.45) is 0 Å². The molecule has 190 valence electrons. The van der Waals surface area contributed by atoms with Crippen molar-refractivity contribution in [1.29, 1.82) is 0 Å². The van der Waals surface area contributed by atoms with Crippen LogP contribution in [0.4, 0.5) is 10.5 Å². The standard InChI is InChI=1S/C27H26N4O5S/c1-4-36-22-12-10-21(11-13-22)28-24(32)16-30-26(34)23(37-27(30)35)15-20-14-17(2)31(18(20)3)29-25(33)19-8-6-5-7-9-19/h5-15H,4,16H2,1-3H3,(H,28,32)(H,29,33)/b23-15-. The van der Waals surface area contributed by atoms with Crippen LogP contribution in [0.2, 0.25) is 0 Å².